The molecular formula is C26H24O3PS+. The molecule has 0 unspecified atom stereocenters. The summed E-state index contributed by atoms with van der Waals surface area (Å²) < 4.78 is 27.9. The summed E-state index contributed by atoms with van der Waals surface area (Å²) in [4.78, 5) is 0. The summed E-state index contributed by atoms with van der Waals surface area (Å²) >= 11 is 0. The molecule has 0 saturated carbocycles. The Bertz CT molecular complexity index is 1130. The summed E-state index contributed by atoms with van der Waals surface area (Å²) in [5.74, 6) is 0.328. The Morgan fingerprint density at radius 1 is 0.613 bits per heavy atom. The monoisotopic (exact) mass is 447 g/mol. The predicted molar refractivity (Wildman–Crippen MR) is 131 cm³/mol. The maximum Gasteiger partial charge on any atom is 0.306 e. The first-order chi connectivity index (χ1) is 15.0. The number of hydrogen-bond acceptors (Lipinski definition) is 3. The Morgan fingerprint density at radius 2 is 1.00 bits per heavy atom. The highest BCUT2D eigenvalue weighted by atomic mass is 32.2. The maximum absolute atomic E-state index is 11.5. The van der Waals surface area contributed by atoms with E-state index in [0.29, 0.717) is 5.75 Å². The highest BCUT2D eigenvalue weighted by Crippen LogP contribution is 2.58. The van der Waals surface area contributed by atoms with E-state index >= 15 is 0 Å². The van der Waals surface area contributed by atoms with E-state index in [-0.39, 0.29) is 0 Å². The van der Waals surface area contributed by atoms with Crippen LogP contribution in [-0.2, 0) is 16.3 Å². The van der Waals surface area contributed by atoms with Crippen LogP contribution in [0.3, 0.4) is 0 Å². The van der Waals surface area contributed by atoms with Crippen LogP contribution in [0.4, 0.5) is 0 Å². The Balaban J connectivity index is 1.86. The molecule has 0 radical (unpaired) electrons. The lowest BCUT2D eigenvalue weighted by Gasteiger charge is -2.27. The molecule has 0 fully saturated rings. The molecule has 31 heavy (non-hydrogen) atoms. The molecule has 0 aliphatic rings. The first-order valence-electron chi connectivity index (χ1n) is 10.0. The third kappa shape index (κ3) is 4.87. The molecule has 0 aromatic heterocycles. The largest absolute Gasteiger partial charge is 0.383 e. The molecule has 0 aliphatic heterocycles. The van der Waals surface area contributed by atoms with Crippen molar-refractivity contribution in [3.63, 3.8) is 0 Å². The Morgan fingerprint density at radius 3 is 1.35 bits per heavy atom. The van der Waals surface area contributed by atoms with Crippen LogP contribution in [0.5, 0.6) is 5.75 Å². The van der Waals surface area contributed by atoms with Crippen molar-refractivity contribution in [2.75, 3.05) is 6.26 Å². The second-order valence-electron chi connectivity index (χ2n) is 7.41. The molecule has 0 saturated heterocycles. The second kappa shape index (κ2) is 9.05. The third-order valence-electron chi connectivity index (χ3n) is 5.18. The van der Waals surface area contributed by atoms with Crippen molar-refractivity contribution in [3.05, 3.63) is 121 Å². The minimum absolute atomic E-state index is 0.328. The molecule has 4 aromatic carbocycles. The second-order valence-corrected chi connectivity index (χ2v) is 12.5. The number of hydrogen-bond donors (Lipinski definition) is 0. The Hall–Kier alpha value is -2.94. The van der Waals surface area contributed by atoms with Gasteiger partial charge in [-0.1, -0.05) is 66.7 Å². The van der Waals surface area contributed by atoms with E-state index in [9.17, 15) is 8.42 Å². The van der Waals surface area contributed by atoms with E-state index in [1.165, 1.54) is 15.9 Å². The SMILES string of the molecule is CS(=O)(=O)Oc1ccc(C[P+](c2ccccc2)(c2ccccc2)c2ccccc2)cc1. The normalized spacial score (nSPS) is 11.8. The molecule has 5 heteroatoms. The van der Waals surface area contributed by atoms with Crippen molar-refractivity contribution < 1.29 is 12.6 Å². The van der Waals surface area contributed by atoms with Gasteiger partial charge in [0.15, 0.2) is 0 Å². The van der Waals surface area contributed by atoms with Crippen LogP contribution in [0.15, 0.2) is 115 Å². The van der Waals surface area contributed by atoms with Crippen molar-refractivity contribution >= 4 is 33.3 Å². The molecule has 4 rings (SSSR count). The number of rotatable bonds is 7. The highest BCUT2D eigenvalue weighted by molar-refractivity contribution is 7.95. The first kappa shape index (κ1) is 21.3. The Kier molecular flexibility index (Phi) is 6.22. The van der Waals surface area contributed by atoms with E-state index in [0.717, 1.165) is 18.0 Å². The fourth-order valence-electron chi connectivity index (χ4n) is 3.87. The molecule has 3 nitrogen and oxygen atoms in total. The lowest BCUT2D eigenvalue weighted by Crippen LogP contribution is -2.32. The van der Waals surface area contributed by atoms with Crippen molar-refractivity contribution in [3.8, 4) is 5.75 Å². The molecule has 4 aromatic rings. The molecule has 0 amide bonds. The van der Waals surface area contributed by atoms with Crippen LogP contribution in [0.25, 0.3) is 0 Å². The fraction of sp³-hybridized carbons (Fsp3) is 0.0769. The Labute approximate surface area is 184 Å². The minimum atomic E-state index is -3.55. The van der Waals surface area contributed by atoms with Gasteiger partial charge in [0.1, 0.15) is 28.9 Å². The van der Waals surface area contributed by atoms with Crippen molar-refractivity contribution in [2.45, 2.75) is 6.16 Å². The van der Waals surface area contributed by atoms with Gasteiger partial charge in [0.25, 0.3) is 0 Å². The van der Waals surface area contributed by atoms with Gasteiger partial charge in [-0.25, -0.2) is 0 Å². The van der Waals surface area contributed by atoms with Gasteiger partial charge in [-0.2, -0.15) is 8.42 Å². The van der Waals surface area contributed by atoms with Gasteiger partial charge in [-0.05, 0) is 54.1 Å². The minimum Gasteiger partial charge on any atom is -0.383 e. The topological polar surface area (TPSA) is 43.4 Å². The average Bonchev–Trinajstić information content (AvgIpc) is 2.79. The zero-order valence-corrected chi connectivity index (χ0v) is 19.0. The molecular weight excluding hydrogens is 423 g/mol. The molecule has 0 heterocycles. The van der Waals surface area contributed by atoms with E-state index in [1.807, 2.05) is 30.3 Å². The van der Waals surface area contributed by atoms with Crippen molar-refractivity contribution in [2.24, 2.45) is 0 Å². The van der Waals surface area contributed by atoms with Crippen LogP contribution < -0.4 is 20.1 Å². The summed E-state index contributed by atoms with van der Waals surface area (Å²) in [6, 6.07) is 39.4. The summed E-state index contributed by atoms with van der Waals surface area (Å²) in [7, 11) is -5.54. The summed E-state index contributed by atoms with van der Waals surface area (Å²) in [6.45, 7) is 0. The maximum atomic E-state index is 11.5. The van der Waals surface area contributed by atoms with Crippen molar-refractivity contribution in [1.82, 2.24) is 0 Å². The molecule has 156 valence electrons. The van der Waals surface area contributed by atoms with Crippen LogP contribution in [0.2, 0.25) is 0 Å². The summed E-state index contributed by atoms with van der Waals surface area (Å²) in [5.41, 5.74) is 1.13. The molecule has 0 aliphatic carbocycles. The molecule has 0 atom stereocenters. The fourth-order valence-corrected chi connectivity index (χ4v) is 8.57. The molecule has 0 N–H and O–H groups in total. The standard InChI is InChI=1S/C26H24O3PS/c1-31(27,28)29-23-19-17-22(18-20-23)21-30(24-11-5-2-6-12-24,25-13-7-3-8-14-25)26-15-9-4-10-16-26/h2-20H,21H2,1H3/q+1. The van der Waals surface area contributed by atoms with Gasteiger partial charge in [0, 0.05) is 0 Å². The van der Waals surface area contributed by atoms with Crippen molar-refractivity contribution in [1.29, 1.82) is 0 Å². The lowest BCUT2D eigenvalue weighted by molar-refractivity contribution is 0.493. The van der Waals surface area contributed by atoms with Crippen LogP contribution in [-0.4, -0.2) is 14.7 Å². The average molecular weight is 448 g/mol. The van der Waals surface area contributed by atoms with Gasteiger partial charge >= 0.3 is 10.1 Å². The number of benzene rings is 4. The van der Waals surface area contributed by atoms with Crippen LogP contribution in [0, 0.1) is 0 Å². The van der Waals surface area contributed by atoms with E-state index in [4.69, 9.17) is 4.18 Å². The summed E-state index contributed by atoms with van der Waals surface area (Å²) in [6.07, 6.45) is 1.88. The first-order valence-corrected chi connectivity index (χ1v) is 13.8. The smallest absolute Gasteiger partial charge is 0.306 e. The zero-order chi connectivity index (χ0) is 21.7. The van der Waals surface area contributed by atoms with Gasteiger partial charge in [0.2, 0.25) is 0 Å². The van der Waals surface area contributed by atoms with E-state index in [1.54, 1.807) is 12.1 Å². The van der Waals surface area contributed by atoms with E-state index < -0.39 is 17.4 Å². The third-order valence-corrected chi connectivity index (χ3v) is 10.1. The van der Waals surface area contributed by atoms with Crippen LogP contribution in [0.1, 0.15) is 5.56 Å². The lowest BCUT2D eigenvalue weighted by atomic mass is 10.2. The van der Waals surface area contributed by atoms with E-state index in [2.05, 4.69) is 72.8 Å². The van der Waals surface area contributed by atoms with Crippen LogP contribution >= 0.6 is 7.26 Å². The zero-order valence-electron chi connectivity index (χ0n) is 17.3. The highest BCUT2D eigenvalue weighted by Gasteiger charge is 2.45. The molecule has 0 spiro atoms. The quantitative estimate of drug-likeness (QED) is 0.309. The molecule has 0 bridgehead atoms. The summed E-state index contributed by atoms with van der Waals surface area (Å²) in [5, 5.41) is 3.93. The van der Waals surface area contributed by atoms with Gasteiger partial charge in [0.05, 0.1) is 12.4 Å². The van der Waals surface area contributed by atoms with Gasteiger partial charge in [-0.3, -0.25) is 0 Å². The predicted octanol–water partition coefficient (Wildman–Crippen LogP) is 4.52. The van der Waals surface area contributed by atoms with Gasteiger partial charge < -0.3 is 4.18 Å². The van der Waals surface area contributed by atoms with Gasteiger partial charge in [-0.15, -0.1) is 0 Å².